The lowest BCUT2D eigenvalue weighted by Gasteiger charge is -2.32. The number of hydrogen-bond acceptors (Lipinski definition) is 4. The fourth-order valence-corrected chi connectivity index (χ4v) is 5.88. The van der Waals surface area contributed by atoms with Crippen molar-refractivity contribution >= 4 is 62.3 Å². The summed E-state index contributed by atoms with van der Waals surface area (Å²) in [6, 6.07) is 18.0. The van der Waals surface area contributed by atoms with Gasteiger partial charge in [0.2, 0.25) is 11.8 Å². The van der Waals surface area contributed by atoms with E-state index in [1.807, 2.05) is 0 Å². The molecule has 196 valence electrons. The second kappa shape index (κ2) is 12.6. The summed E-state index contributed by atoms with van der Waals surface area (Å²) < 4.78 is 28.3. The lowest BCUT2D eigenvalue weighted by Crippen LogP contribution is -2.51. The molecular formula is C26H26Cl3N3O4S. The van der Waals surface area contributed by atoms with Crippen molar-refractivity contribution in [2.45, 2.75) is 31.3 Å². The van der Waals surface area contributed by atoms with Gasteiger partial charge >= 0.3 is 0 Å². The molecule has 11 heteroatoms. The Morgan fingerprint density at radius 3 is 2.22 bits per heavy atom. The standard InChI is InChI=1S/C26H26Cl3N3O4S/c1-3-30-26(34)18(2)31(16-19-8-7-9-20(27)14-19)25(33)17-32(24-13-12-21(28)15-23(24)29)37(35,36)22-10-5-4-6-11-22/h4-15,18H,3,16-17H2,1-2H3,(H,30,34)/t18-/m1/s1. The molecule has 0 bridgehead atoms. The van der Waals surface area contributed by atoms with Crippen LogP contribution in [-0.4, -0.2) is 44.3 Å². The molecule has 2 amide bonds. The second-order valence-electron chi connectivity index (χ2n) is 8.14. The van der Waals surface area contributed by atoms with E-state index in [0.717, 1.165) is 4.31 Å². The molecule has 0 spiro atoms. The number of nitrogens with zero attached hydrogens (tertiary/aromatic N) is 2. The van der Waals surface area contributed by atoms with Gasteiger partial charge in [-0.2, -0.15) is 0 Å². The molecule has 0 aliphatic rings. The van der Waals surface area contributed by atoms with Gasteiger partial charge in [-0.05, 0) is 61.9 Å². The fraction of sp³-hybridized carbons (Fsp3) is 0.231. The number of amides is 2. The van der Waals surface area contributed by atoms with E-state index in [-0.39, 0.29) is 28.1 Å². The predicted molar refractivity (Wildman–Crippen MR) is 148 cm³/mol. The summed E-state index contributed by atoms with van der Waals surface area (Å²) >= 11 is 18.5. The van der Waals surface area contributed by atoms with Crippen LogP contribution in [0.4, 0.5) is 5.69 Å². The fourth-order valence-electron chi connectivity index (χ4n) is 3.65. The zero-order valence-electron chi connectivity index (χ0n) is 20.2. The minimum absolute atomic E-state index is 0.0213. The molecule has 0 radical (unpaired) electrons. The van der Waals surface area contributed by atoms with Gasteiger partial charge in [0.25, 0.3) is 10.0 Å². The average Bonchev–Trinajstić information content (AvgIpc) is 2.86. The molecular weight excluding hydrogens is 557 g/mol. The van der Waals surface area contributed by atoms with E-state index in [1.165, 1.54) is 35.2 Å². The van der Waals surface area contributed by atoms with Crippen molar-refractivity contribution in [3.8, 4) is 0 Å². The molecule has 0 saturated heterocycles. The van der Waals surface area contributed by atoms with Crippen molar-refractivity contribution in [3.63, 3.8) is 0 Å². The maximum Gasteiger partial charge on any atom is 0.264 e. The van der Waals surface area contributed by atoms with Crippen LogP contribution in [0.2, 0.25) is 15.1 Å². The van der Waals surface area contributed by atoms with Gasteiger partial charge in [-0.3, -0.25) is 13.9 Å². The highest BCUT2D eigenvalue weighted by Gasteiger charge is 2.33. The summed E-state index contributed by atoms with van der Waals surface area (Å²) in [6.07, 6.45) is 0. The Hall–Kier alpha value is -2.78. The number of carbonyl (C=O) groups is 2. The number of carbonyl (C=O) groups excluding carboxylic acids is 2. The summed E-state index contributed by atoms with van der Waals surface area (Å²) in [7, 11) is -4.22. The molecule has 0 aliphatic carbocycles. The van der Waals surface area contributed by atoms with Crippen molar-refractivity contribution in [1.82, 2.24) is 10.2 Å². The molecule has 1 atom stereocenters. The molecule has 0 unspecified atom stereocenters. The van der Waals surface area contributed by atoms with Crippen LogP contribution < -0.4 is 9.62 Å². The molecule has 0 saturated carbocycles. The van der Waals surface area contributed by atoms with Gasteiger partial charge in [0.1, 0.15) is 12.6 Å². The van der Waals surface area contributed by atoms with Crippen LogP contribution in [0, 0.1) is 0 Å². The third kappa shape index (κ3) is 7.17. The van der Waals surface area contributed by atoms with Gasteiger partial charge in [0, 0.05) is 23.1 Å². The van der Waals surface area contributed by atoms with E-state index < -0.39 is 28.5 Å². The summed E-state index contributed by atoms with van der Waals surface area (Å²) in [6.45, 7) is 3.15. The topological polar surface area (TPSA) is 86.8 Å². The molecule has 0 fully saturated rings. The molecule has 7 nitrogen and oxygen atoms in total. The van der Waals surface area contributed by atoms with Gasteiger partial charge in [-0.15, -0.1) is 0 Å². The third-order valence-electron chi connectivity index (χ3n) is 5.55. The van der Waals surface area contributed by atoms with Crippen LogP contribution in [-0.2, 0) is 26.2 Å². The van der Waals surface area contributed by atoms with E-state index >= 15 is 0 Å². The van der Waals surface area contributed by atoms with Crippen LogP contribution in [0.3, 0.4) is 0 Å². The molecule has 3 aromatic carbocycles. The van der Waals surface area contributed by atoms with E-state index in [4.69, 9.17) is 34.8 Å². The van der Waals surface area contributed by atoms with Gasteiger partial charge in [-0.1, -0.05) is 65.1 Å². The van der Waals surface area contributed by atoms with Crippen LogP contribution in [0.15, 0.2) is 77.7 Å². The van der Waals surface area contributed by atoms with Gasteiger partial charge < -0.3 is 10.2 Å². The zero-order chi connectivity index (χ0) is 27.2. The number of rotatable bonds is 10. The van der Waals surface area contributed by atoms with E-state index in [9.17, 15) is 18.0 Å². The Balaban J connectivity index is 2.05. The highest BCUT2D eigenvalue weighted by molar-refractivity contribution is 7.92. The summed E-state index contributed by atoms with van der Waals surface area (Å²) in [5.74, 6) is -0.982. The Bertz CT molecular complexity index is 1370. The van der Waals surface area contributed by atoms with E-state index in [1.54, 1.807) is 56.3 Å². The molecule has 3 rings (SSSR count). The lowest BCUT2D eigenvalue weighted by atomic mass is 10.1. The minimum Gasteiger partial charge on any atom is -0.355 e. The maximum atomic E-state index is 13.8. The first-order valence-corrected chi connectivity index (χ1v) is 14.0. The summed E-state index contributed by atoms with van der Waals surface area (Å²) in [5.41, 5.74) is 0.760. The lowest BCUT2D eigenvalue weighted by molar-refractivity contribution is -0.139. The van der Waals surface area contributed by atoms with Crippen LogP contribution in [0.25, 0.3) is 0 Å². The van der Waals surface area contributed by atoms with Crippen molar-refractivity contribution in [1.29, 1.82) is 0 Å². The molecule has 1 N–H and O–H groups in total. The number of halogens is 3. The normalized spacial score (nSPS) is 12.0. The van der Waals surface area contributed by atoms with Crippen molar-refractivity contribution < 1.29 is 18.0 Å². The maximum absolute atomic E-state index is 13.8. The van der Waals surface area contributed by atoms with Crippen molar-refractivity contribution in [3.05, 3.63) is 93.4 Å². The van der Waals surface area contributed by atoms with Crippen molar-refractivity contribution in [2.24, 2.45) is 0 Å². The van der Waals surface area contributed by atoms with Gasteiger partial charge in [0.05, 0.1) is 15.6 Å². The number of likely N-dealkylation sites (N-methyl/N-ethyl adjacent to an activating group) is 1. The third-order valence-corrected chi connectivity index (χ3v) is 8.10. The average molecular weight is 583 g/mol. The van der Waals surface area contributed by atoms with Gasteiger partial charge in [0.15, 0.2) is 0 Å². The monoisotopic (exact) mass is 581 g/mol. The molecule has 3 aromatic rings. The number of nitrogens with one attached hydrogen (secondary N) is 1. The van der Waals surface area contributed by atoms with Gasteiger partial charge in [-0.25, -0.2) is 8.42 Å². The molecule has 0 heterocycles. The minimum atomic E-state index is -4.22. The summed E-state index contributed by atoms with van der Waals surface area (Å²) in [4.78, 5) is 27.8. The Morgan fingerprint density at radius 2 is 1.59 bits per heavy atom. The molecule has 0 aliphatic heterocycles. The molecule has 37 heavy (non-hydrogen) atoms. The SMILES string of the molecule is CCNC(=O)[C@@H](C)N(Cc1cccc(Cl)c1)C(=O)CN(c1ccc(Cl)cc1Cl)S(=O)(=O)c1ccccc1. The quantitative estimate of drug-likeness (QED) is 0.347. The number of benzene rings is 3. The molecule has 0 aromatic heterocycles. The number of anilines is 1. The van der Waals surface area contributed by atoms with Crippen LogP contribution in [0.5, 0.6) is 0 Å². The first-order chi connectivity index (χ1) is 17.5. The van der Waals surface area contributed by atoms with Crippen LogP contribution >= 0.6 is 34.8 Å². The Kier molecular flexibility index (Phi) is 9.84. The van der Waals surface area contributed by atoms with Crippen LogP contribution in [0.1, 0.15) is 19.4 Å². The Morgan fingerprint density at radius 1 is 0.919 bits per heavy atom. The first kappa shape index (κ1) is 28.8. The smallest absolute Gasteiger partial charge is 0.264 e. The van der Waals surface area contributed by atoms with E-state index in [0.29, 0.717) is 22.2 Å². The highest BCUT2D eigenvalue weighted by Crippen LogP contribution is 2.33. The second-order valence-corrected chi connectivity index (χ2v) is 11.3. The highest BCUT2D eigenvalue weighted by atomic mass is 35.5. The largest absolute Gasteiger partial charge is 0.355 e. The first-order valence-electron chi connectivity index (χ1n) is 11.4. The number of hydrogen-bond donors (Lipinski definition) is 1. The zero-order valence-corrected chi connectivity index (χ0v) is 23.3. The number of sulfonamides is 1. The Labute approximate surface area is 232 Å². The predicted octanol–water partition coefficient (Wildman–Crippen LogP) is 5.40. The summed E-state index contributed by atoms with van der Waals surface area (Å²) in [5, 5.41) is 3.54. The van der Waals surface area contributed by atoms with Crippen molar-refractivity contribution in [2.75, 3.05) is 17.4 Å². The van der Waals surface area contributed by atoms with E-state index in [2.05, 4.69) is 5.32 Å².